The van der Waals surface area contributed by atoms with Crippen LogP contribution in [-0.4, -0.2) is 29.2 Å². The number of amides is 2. The van der Waals surface area contributed by atoms with E-state index in [-0.39, 0.29) is 30.0 Å². The third kappa shape index (κ3) is 4.93. The molecule has 1 aromatic rings. The van der Waals surface area contributed by atoms with Gasteiger partial charge in [-0.3, -0.25) is 4.79 Å². The van der Waals surface area contributed by atoms with Gasteiger partial charge in [-0.2, -0.15) is 13.2 Å². The van der Waals surface area contributed by atoms with Crippen LogP contribution >= 0.6 is 0 Å². The minimum atomic E-state index is -4.33. The number of benzene rings is 1. The van der Waals surface area contributed by atoms with Gasteiger partial charge in [-0.1, -0.05) is 12.1 Å². The number of hydrogen-bond acceptors (Lipinski definition) is 2. The van der Waals surface area contributed by atoms with Crippen LogP contribution < -0.4 is 10.6 Å². The summed E-state index contributed by atoms with van der Waals surface area (Å²) in [7, 11) is 0. The molecule has 0 spiro atoms. The fourth-order valence-electron chi connectivity index (χ4n) is 3.85. The highest BCUT2D eigenvalue weighted by Gasteiger charge is 2.34. The second-order valence-corrected chi connectivity index (χ2v) is 7.49. The Morgan fingerprint density at radius 3 is 2.00 bits per heavy atom. The normalized spacial score (nSPS) is 28.1. The van der Waals surface area contributed by atoms with Gasteiger partial charge in [-0.25, -0.2) is 4.79 Å². The van der Waals surface area contributed by atoms with Crippen molar-refractivity contribution >= 4 is 12.0 Å². The molecule has 0 aliphatic heterocycles. The maximum Gasteiger partial charge on any atom is 0.416 e. The molecule has 2 aliphatic carbocycles. The first-order valence-corrected chi connectivity index (χ1v) is 9.19. The summed E-state index contributed by atoms with van der Waals surface area (Å²) in [6, 6.07) is 4.94. The zero-order chi connectivity index (χ0) is 19.6. The van der Waals surface area contributed by atoms with E-state index in [1.54, 1.807) is 0 Å². The average molecular weight is 384 g/mol. The molecule has 5 nitrogen and oxygen atoms in total. The van der Waals surface area contributed by atoms with Crippen LogP contribution in [0.5, 0.6) is 0 Å². The molecule has 2 aliphatic rings. The van der Waals surface area contributed by atoms with E-state index >= 15 is 0 Å². The molecule has 8 heteroatoms. The van der Waals surface area contributed by atoms with Gasteiger partial charge in [-0.15, -0.1) is 0 Å². The Balaban J connectivity index is 1.39. The molecule has 3 rings (SSSR count). The second kappa shape index (κ2) is 7.78. The zero-order valence-corrected chi connectivity index (χ0v) is 14.8. The molecule has 0 unspecified atom stereocenters. The topological polar surface area (TPSA) is 78.4 Å². The van der Waals surface area contributed by atoms with E-state index in [9.17, 15) is 22.8 Å². The number of carbonyl (C=O) groups is 2. The Bertz CT molecular complexity index is 676. The lowest BCUT2D eigenvalue weighted by Crippen LogP contribution is -2.50. The van der Waals surface area contributed by atoms with Gasteiger partial charge >= 0.3 is 18.2 Å². The van der Waals surface area contributed by atoms with Crippen molar-refractivity contribution in [1.82, 2.24) is 10.6 Å². The maximum atomic E-state index is 12.6. The predicted octanol–water partition coefficient (Wildman–Crippen LogP) is 3.89. The molecule has 148 valence electrons. The third-order valence-corrected chi connectivity index (χ3v) is 5.59. The minimum Gasteiger partial charge on any atom is -0.481 e. The van der Waals surface area contributed by atoms with Crippen LogP contribution in [0.15, 0.2) is 24.3 Å². The fourth-order valence-corrected chi connectivity index (χ4v) is 3.85. The number of urea groups is 1. The summed E-state index contributed by atoms with van der Waals surface area (Å²) >= 11 is 0. The molecular weight excluding hydrogens is 361 g/mol. The monoisotopic (exact) mass is 384 g/mol. The minimum absolute atomic E-state index is 0.00708. The van der Waals surface area contributed by atoms with Gasteiger partial charge in [-0.05, 0) is 62.1 Å². The van der Waals surface area contributed by atoms with E-state index in [2.05, 4.69) is 10.6 Å². The molecule has 0 heterocycles. The maximum absolute atomic E-state index is 12.6. The van der Waals surface area contributed by atoms with E-state index < -0.39 is 17.7 Å². The number of halogens is 3. The number of aliphatic carboxylic acids is 1. The molecule has 0 aromatic heterocycles. The van der Waals surface area contributed by atoms with Gasteiger partial charge in [0.25, 0.3) is 0 Å². The summed E-state index contributed by atoms with van der Waals surface area (Å²) in [5, 5.41) is 14.8. The lowest BCUT2D eigenvalue weighted by molar-refractivity contribution is -0.143. The van der Waals surface area contributed by atoms with Gasteiger partial charge in [0.05, 0.1) is 11.5 Å². The zero-order valence-electron chi connectivity index (χ0n) is 14.8. The molecule has 0 atom stereocenters. The Hall–Kier alpha value is -2.25. The largest absolute Gasteiger partial charge is 0.481 e. The van der Waals surface area contributed by atoms with Crippen molar-refractivity contribution in [3.05, 3.63) is 35.4 Å². The molecule has 2 amide bonds. The lowest BCUT2D eigenvalue weighted by atomic mass is 9.76. The summed E-state index contributed by atoms with van der Waals surface area (Å²) in [4.78, 5) is 23.0. The van der Waals surface area contributed by atoms with Crippen LogP contribution in [0.4, 0.5) is 18.0 Å². The van der Waals surface area contributed by atoms with Crippen LogP contribution in [0.2, 0.25) is 0 Å². The van der Waals surface area contributed by atoms with Crippen LogP contribution in [0.3, 0.4) is 0 Å². The number of hydrogen-bond donors (Lipinski definition) is 3. The molecule has 3 N–H and O–H groups in total. The number of nitrogens with one attached hydrogen (secondary N) is 2. The van der Waals surface area contributed by atoms with Crippen molar-refractivity contribution in [3.63, 3.8) is 0 Å². The van der Waals surface area contributed by atoms with Crippen LogP contribution in [0.25, 0.3) is 0 Å². The van der Waals surface area contributed by atoms with E-state index in [0.717, 1.165) is 17.7 Å². The molecule has 0 bridgehead atoms. The van der Waals surface area contributed by atoms with Crippen molar-refractivity contribution < 1.29 is 27.9 Å². The Morgan fingerprint density at radius 1 is 0.926 bits per heavy atom. The fraction of sp³-hybridized carbons (Fsp3) is 0.579. The first-order valence-electron chi connectivity index (χ1n) is 9.19. The molecule has 0 saturated heterocycles. The van der Waals surface area contributed by atoms with Crippen molar-refractivity contribution in [3.8, 4) is 0 Å². The quantitative estimate of drug-likeness (QED) is 0.737. The smallest absolute Gasteiger partial charge is 0.416 e. The average Bonchev–Trinajstić information content (AvgIpc) is 2.57. The number of rotatable bonds is 4. The second-order valence-electron chi connectivity index (χ2n) is 7.49. The van der Waals surface area contributed by atoms with Crippen LogP contribution in [0.1, 0.15) is 55.6 Å². The van der Waals surface area contributed by atoms with E-state index in [1.165, 1.54) is 12.1 Å². The van der Waals surface area contributed by atoms with Gasteiger partial charge in [0.15, 0.2) is 0 Å². The van der Waals surface area contributed by atoms with Gasteiger partial charge < -0.3 is 15.7 Å². The first-order chi connectivity index (χ1) is 12.7. The molecule has 1 aromatic carbocycles. The summed E-state index contributed by atoms with van der Waals surface area (Å²) < 4.78 is 37.8. The lowest BCUT2D eigenvalue weighted by Gasteiger charge is -2.37. The van der Waals surface area contributed by atoms with E-state index in [4.69, 9.17) is 5.11 Å². The van der Waals surface area contributed by atoms with Crippen LogP contribution in [-0.2, 0) is 11.0 Å². The Labute approximate surface area is 155 Å². The van der Waals surface area contributed by atoms with Gasteiger partial charge in [0.2, 0.25) is 0 Å². The number of carboxylic acids is 1. The van der Waals surface area contributed by atoms with Crippen LogP contribution in [0, 0.1) is 5.92 Å². The highest BCUT2D eigenvalue weighted by atomic mass is 19.4. The van der Waals surface area contributed by atoms with E-state index in [1.807, 2.05) is 0 Å². The third-order valence-electron chi connectivity index (χ3n) is 5.59. The molecule has 27 heavy (non-hydrogen) atoms. The highest BCUT2D eigenvalue weighted by molar-refractivity contribution is 5.75. The Morgan fingerprint density at radius 2 is 1.48 bits per heavy atom. The SMILES string of the molecule is O=C(NC1CCC(C(=O)O)CC1)NC1CC(c2ccc(C(F)(F)F)cc2)C1. The predicted molar refractivity (Wildman–Crippen MR) is 92.3 cm³/mol. The molecule has 2 saturated carbocycles. The summed E-state index contributed by atoms with van der Waals surface area (Å²) in [6.07, 6.45) is -0.481. The molecule has 0 radical (unpaired) electrons. The number of alkyl halides is 3. The highest BCUT2D eigenvalue weighted by Crippen LogP contribution is 2.38. The van der Waals surface area contributed by atoms with Gasteiger partial charge in [0.1, 0.15) is 0 Å². The standard InChI is InChI=1S/C19H23F3N2O3/c20-19(21,22)14-5-1-11(2-6-14)13-9-16(10-13)24-18(27)23-15-7-3-12(4-8-15)17(25)26/h1-2,5-6,12-13,15-16H,3-4,7-10H2,(H,25,26)(H2,23,24,27). The Kier molecular flexibility index (Phi) is 5.62. The summed E-state index contributed by atoms with van der Waals surface area (Å²) in [5.74, 6) is -0.937. The first kappa shape index (κ1) is 19.5. The summed E-state index contributed by atoms with van der Waals surface area (Å²) in [6.45, 7) is 0. The van der Waals surface area contributed by atoms with Crippen molar-refractivity contribution in [2.45, 2.75) is 62.7 Å². The van der Waals surface area contributed by atoms with Crippen molar-refractivity contribution in [2.75, 3.05) is 0 Å². The van der Waals surface area contributed by atoms with E-state index in [0.29, 0.717) is 38.5 Å². The molecular formula is C19H23F3N2O3. The van der Waals surface area contributed by atoms with Crippen molar-refractivity contribution in [2.24, 2.45) is 5.92 Å². The van der Waals surface area contributed by atoms with Gasteiger partial charge in [0, 0.05) is 12.1 Å². The summed E-state index contributed by atoms with van der Waals surface area (Å²) in [5.41, 5.74) is 0.200. The molecule has 2 fully saturated rings. The number of carboxylic acid groups (broad SMARTS) is 1. The van der Waals surface area contributed by atoms with Crippen molar-refractivity contribution in [1.29, 1.82) is 0 Å². The number of carbonyl (C=O) groups excluding carboxylic acids is 1.